The summed E-state index contributed by atoms with van der Waals surface area (Å²) in [6, 6.07) is 24.0. The third-order valence-corrected chi connectivity index (χ3v) is 10.9. The van der Waals surface area contributed by atoms with Gasteiger partial charge in [-0.1, -0.05) is 114 Å². The van der Waals surface area contributed by atoms with Crippen molar-refractivity contribution < 1.29 is 38.1 Å². The summed E-state index contributed by atoms with van der Waals surface area (Å²) in [6.07, 6.45) is 4.30. The maximum absolute atomic E-state index is 14.9. The molecule has 1 aliphatic rings. The van der Waals surface area contributed by atoms with Crippen LogP contribution in [0.25, 0.3) is 0 Å². The zero-order chi connectivity index (χ0) is 43.1. The van der Waals surface area contributed by atoms with Crippen LogP contribution >= 0.6 is 27.5 Å². The molecule has 0 saturated heterocycles. The third-order valence-electron chi connectivity index (χ3n) is 10.0. The largest absolute Gasteiger partial charge is 0.460 e. The van der Waals surface area contributed by atoms with Gasteiger partial charge in [0.25, 0.3) is 0 Å². The van der Waals surface area contributed by atoms with Crippen LogP contribution in [0, 0.1) is 5.92 Å². The summed E-state index contributed by atoms with van der Waals surface area (Å²) in [6.45, 7) is 11.6. The quantitative estimate of drug-likeness (QED) is 0.0555. The van der Waals surface area contributed by atoms with E-state index in [9.17, 15) is 19.2 Å². The van der Waals surface area contributed by atoms with Crippen LogP contribution in [0.4, 0.5) is 4.79 Å². The predicted octanol–water partition coefficient (Wildman–Crippen LogP) is 10.7. The Morgan fingerprint density at radius 3 is 2.00 bits per heavy atom. The minimum absolute atomic E-state index is 0.00196. The minimum atomic E-state index is -1.35. The fourth-order valence-corrected chi connectivity index (χ4v) is 7.95. The molecule has 3 aromatic carbocycles. The van der Waals surface area contributed by atoms with Crippen molar-refractivity contribution in [1.82, 2.24) is 10.6 Å². The molecule has 0 radical (unpaired) electrons. The number of carbonyl (C=O) groups excluding carboxylic acids is 4. The topological polar surface area (TPSA) is 129 Å². The Morgan fingerprint density at radius 2 is 1.37 bits per heavy atom. The van der Waals surface area contributed by atoms with Crippen LogP contribution in [0.15, 0.2) is 83.3 Å². The first-order chi connectivity index (χ1) is 28.0. The van der Waals surface area contributed by atoms with E-state index in [-0.39, 0.29) is 31.6 Å². The van der Waals surface area contributed by atoms with Gasteiger partial charge in [-0.25, -0.2) is 14.4 Å². The fraction of sp³-hybridized carbons (Fsp3) is 0.532. The highest BCUT2D eigenvalue weighted by Gasteiger charge is 2.48. The molecule has 0 heterocycles. The Hall–Kier alpha value is -3.93. The Kier molecular flexibility index (Phi) is 18.3. The molecule has 0 aliphatic heterocycles. The van der Waals surface area contributed by atoms with Gasteiger partial charge < -0.3 is 29.6 Å². The first kappa shape index (κ1) is 47.7. The highest BCUT2D eigenvalue weighted by atomic mass is 79.9. The van der Waals surface area contributed by atoms with Gasteiger partial charge in [-0.2, -0.15) is 0 Å². The van der Waals surface area contributed by atoms with Crippen molar-refractivity contribution in [2.24, 2.45) is 5.92 Å². The van der Waals surface area contributed by atoms with E-state index in [1.165, 1.54) is 0 Å². The Morgan fingerprint density at radius 1 is 0.746 bits per heavy atom. The Labute approximate surface area is 363 Å². The summed E-state index contributed by atoms with van der Waals surface area (Å²) < 4.78 is 24.6. The first-order valence-corrected chi connectivity index (χ1v) is 22.0. The second kappa shape index (κ2) is 22.6. The van der Waals surface area contributed by atoms with E-state index in [0.29, 0.717) is 30.1 Å². The summed E-state index contributed by atoms with van der Waals surface area (Å²) in [5, 5.41) is 6.66. The van der Waals surface area contributed by atoms with E-state index in [1.54, 1.807) is 41.5 Å². The lowest BCUT2D eigenvalue weighted by atomic mass is 9.72. The Balaban J connectivity index is 1.63. The molecule has 0 bridgehead atoms. The summed E-state index contributed by atoms with van der Waals surface area (Å²) in [7, 11) is 0. The maximum atomic E-state index is 14.9. The average Bonchev–Trinajstić information content (AvgIpc) is 3.46. The molecule has 0 aromatic heterocycles. The van der Waals surface area contributed by atoms with Crippen LogP contribution in [0.3, 0.4) is 0 Å². The summed E-state index contributed by atoms with van der Waals surface area (Å²) in [5.74, 6) is -1.95. The highest BCUT2D eigenvalue weighted by Crippen LogP contribution is 2.48. The molecule has 1 unspecified atom stereocenters. The number of esters is 3. The van der Waals surface area contributed by atoms with Crippen molar-refractivity contribution in [1.29, 1.82) is 0 Å². The zero-order valence-corrected chi connectivity index (χ0v) is 37.8. The second-order valence-electron chi connectivity index (χ2n) is 17.2. The van der Waals surface area contributed by atoms with Crippen LogP contribution in [0.2, 0.25) is 5.02 Å². The number of nitrogens with one attached hydrogen (secondary N) is 2. The van der Waals surface area contributed by atoms with Crippen LogP contribution in [0.5, 0.6) is 0 Å². The number of benzene rings is 3. The molecule has 1 aliphatic carbocycles. The SMILES string of the molecule is CC(C)(C)OC(=O)CCC[C@H](OC(=O)N[C@@H](CCCNCc1ccc(Br)cc1)C(=O)OC(c1ccccc1)(c1ccccc1Cl)C1CCCCCC1)C(=O)OC(C)(C)C. The molecule has 2 N–H and O–H groups in total. The van der Waals surface area contributed by atoms with E-state index >= 15 is 0 Å². The molecule has 3 atom stereocenters. The van der Waals surface area contributed by atoms with Gasteiger partial charge in [0.1, 0.15) is 17.2 Å². The smallest absolute Gasteiger partial charge is 0.408 e. The van der Waals surface area contributed by atoms with Gasteiger partial charge in [0.05, 0.1) is 0 Å². The van der Waals surface area contributed by atoms with Gasteiger partial charge in [-0.3, -0.25) is 4.79 Å². The van der Waals surface area contributed by atoms with Crippen LogP contribution < -0.4 is 10.6 Å². The van der Waals surface area contributed by atoms with E-state index < -0.39 is 53.0 Å². The molecule has 1 saturated carbocycles. The monoisotopic (exact) mass is 896 g/mol. The number of rotatable bonds is 18. The van der Waals surface area contributed by atoms with Gasteiger partial charge in [0, 0.05) is 39.5 Å². The number of hydrogen-bond acceptors (Lipinski definition) is 9. The molecule has 3 aromatic rings. The number of ether oxygens (including phenoxy) is 4. The van der Waals surface area contributed by atoms with Crippen molar-refractivity contribution in [2.75, 3.05) is 6.54 Å². The average molecular weight is 898 g/mol. The number of alkyl carbamates (subject to hydrolysis) is 1. The van der Waals surface area contributed by atoms with Gasteiger partial charge in [-0.05, 0) is 110 Å². The van der Waals surface area contributed by atoms with Gasteiger partial charge in [0.2, 0.25) is 6.10 Å². The lowest BCUT2D eigenvalue weighted by Crippen LogP contribution is -2.49. The van der Waals surface area contributed by atoms with Crippen molar-refractivity contribution in [3.05, 3.63) is 105 Å². The van der Waals surface area contributed by atoms with Crippen molar-refractivity contribution in [2.45, 2.75) is 148 Å². The van der Waals surface area contributed by atoms with Crippen molar-refractivity contribution >= 4 is 51.5 Å². The maximum Gasteiger partial charge on any atom is 0.408 e. The lowest BCUT2D eigenvalue weighted by Gasteiger charge is -2.42. The third kappa shape index (κ3) is 15.6. The van der Waals surface area contributed by atoms with Crippen LogP contribution in [-0.2, 0) is 45.5 Å². The van der Waals surface area contributed by atoms with E-state index in [1.807, 2.05) is 78.9 Å². The minimum Gasteiger partial charge on any atom is -0.460 e. The number of hydrogen-bond donors (Lipinski definition) is 2. The summed E-state index contributed by atoms with van der Waals surface area (Å²) in [4.78, 5) is 54.6. The number of carbonyl (C=O) groups is 4. The second-order valence-corrected chi connectivity index (χ2v) is 18.6. The number of amides is 1. The molecule has 1 amide bonds. The standard InChI is InChI=1S/C47H62BrClN2O8/c1-45(2,3)57-41(52)26-16-25-40(43(54)58-46(4,5)6)56-44(55)51-39(24-17-31-50-32-33-27-29-36(48)30-28-33)42(53)59-47(35-20-12-9-13-21-35,34-18-10-7-8-11-19-34)37-22-14-15-23-38(37)49/h9,12-15,20-23,27-30,34,39-40,50H,7-8,10-11,16-19,24-26,31-32H2,1-6H3,(H,51,55)/t39-,40-,47?/m0/s1. The molecule has 59 heavy (non-hydrogen) atoms. The predicted molar refractivity (Wildman–Crippen MR) is 234 cm³/mol. The molecular formula is C47H62BrClN2O8. The Bertz CT molecular complexity index is 1800. The molecule has 1 fully saturated rings. The molecule has 12 heteroatoms. The van der Waals surface area contributed by atoms with Crippen molar-refractivity contribution in [3.63, 3.8) is 0 Å². The summed E-state index contributed by atoms with van der Waals surface area (Å²) >= 11 is 10.5. The molecule has 0 spiro atoms. The first-order valence-electron chi connectivity index (χ1n) is 20.9. The zero-order valence-electron chi connectivity index (χ0n) is 35.5. The van der Waals surface area contributed by atoms with E-state index in [2.05, 4.69) is 26.6 Å². The molecular weight excluding hydrogens is 836 g/mol. The molecule has 10 nitrogen and oxygen atoms in total. The lowest BCUT2D eigenvalue weighted by molar-refractivity contribution is -0.167. The highest BCUT2D eigenvalue weighted by molar-refractivity contribution is 9.10. The summed E-state index contributed by atoms with van der Waals surface area (Å²) in [5.41, 5.74) is -0.224. The van der Waals surface area contributed by atoms with Crippen LogP contribution in [0.1, 0.15) is 129 Å². The molecule has 4 rings (SSSR count). The van der Waals surface area contributed by atoms with Gasteiger partial charge in [0.15, 0.2) is 5.60 Å². The van der Waals surface area contributed by atoms with Gasteiger partial charge >= 0.3 is 24.0 Å². The van der Waals surface area contributed by atoms with Crippen LogP contribution in [-0.4, -0.2) is 53.9 Å². The molecule has 322 valence electrons. The fourth-order valence-electron chi connectivity index (χ4n) is 7.41. The number of halogens is 2. The van der Waals surface area contributed by atoms with E-state index in [0.717, 1.165) is 54.1 Å². The van der Waals surface area contributed by atoms with E-state index in [4.69, 9.17) is 30.5 Å². The van der Waals surface area contributed by atoms with Crippen molar-refractivity contribution in [3.8, 4) is 0 Å². The normalized spacial score (nSPS) is 15.8. The van der Waals surface area contributed by atoms with Gasteiger partial charge in [-0.15, -0.1) is 0 Å².